The van der Waals surface area contributed by atoms with E-state index in [-0.39, 0.29) is 17.5 Å². The van der Waals surface area contributed by atoms with Crippen molar-refractivity contribution in [2.45, 2.75) is 12.1 Å². The second-order valence-electron chi connectivity index (χ2n) is 5.57. The van der Waals surface area contributed by atoms with E-state index in [9.17, 15) is 13.5 Å². The highest BCUT2D eigenvalue weighted by Gasteiger charge is 2.40. The Morgan fingerprint density at radius 1 is 1.00 bits per heavy atom. The van der Waals surface area contributed by atoms with Gasteiger partial charge in [-0.05, 0) is 12.1 Å². The van der Waals surface area contributed by atoms with E-state index in [1.807, 2.05) is 18.2 Å². The first-order valence-electron chi connectivity index (χ1n) is 6.98. The Morgan fingerprint density at radius 2 is 1.65 bits per heavy atom. The summed E-state index contributed by atoms with van der Waals surface area (Å²) in [5.41, 5.74) is 1.20. The van der Waals surface area contributed by atoms with Crippen LogP contribution >= 0.6 is 0 Å². The lowest BCUT2D eigenvalue weighted by atomic mass is 10.1. The van der Waals surface area contributed by atoms with E-state index in [2.05, 4.69) is 21.9 Å². The number of benzene rings is 1. The summed E-state index contributed by atoms with van der Waals surface area (Å²) < 4.78 is 23.2. The summed E-state index contributed by atoms with van der Waals surface area (Å²) in [5.74, 6) is 0.00999. The first kappa shape index (κ1) is 13.9. The summed E-state index contributed by atoms with van der Waals surface area (Å²) in [6.07, 6.45) is -0.733. The Kier molecular flexibility index (Phi) is 3.70. The van der Waals surface area contributed by atoms with Crippen LogP contribution in [0.15, 0.2) is 30.3 Å². The van der Waals surface area contributed by atoms with Crippen molar-refractivity contribution >= 4 is 15.5 Å². The monoisotopic (exact) mass is 296 g/mol. The van der Waals surface area contributed by atoms with Gasteiger partial charge in [-0.25, -0.2) is 8.42 Å². The summed E-state index contributed by atoms with van der Waals surface area (Å²) in [6.45, 7) is 3.33. The third-order valence-corrected chi connectivity index (χ3v) is 5.90. The normalized spacial score (nSPS) is 30.6. The molecule has 3 rings (SSSR count). The summed E-state index contributed by atoms with van der Waals surface area (Å²) >= 11 is 0. The molecule has 0 aliphatic carbocycles. The van der Waals surface area contributed by atoms with E-state index in [1.54, 1.807) is 0 Å². The number of piperazine rings is 1. The van der Waals surface area contributed by atoms with Gasteiger partial charge in [0.1, 0.15) is 0 Å². The summed E-state index contributed by atoms with van der Waals surface area (Å²) in [6, 6.07) is 10.00. The van der Waals surface area contributed by atoms with E-state index < -0.39 is 15.9 Å². The van der Waals surface area contributed by atoms with Crippen molar-refractivity contribution in [3.63, 3.8) is 0 Å². The quantitative estimate of drug-likeness (QED) is 0.830. The Labute approximate surface area is 119 Å². The van der Waals surface area contributed by atoms with E-state index in [0.717, 1.165) is 26.2 Å². The summed E-state index contributed by atoms with van der Waals surface area (Å²) in [4.78, 5) is 4.42. The van der Waals surface area contributed by atoms with Gasteiger partial charge in [0, 0.05) is 31.9 Å². The second-order valence-corrected chi connectivity index (χ2v) is 7.72. The van der Waals surface area contributed by atoms with Gasteiger partial charge in [0.2, 0.25) is 0 Å². The molecule has 20 heavy (non-hydrogen) atoms. The van der Waals surface area contributed by atoms with E-state index in [1.165, 1.54) is 5.69 Å². The number of sulfone groups is 1. The third-order valence-electron chi connectivity index (χ3n) is 4.20. The largest absolute Gasteiger partial charge is 0.390 e. The van der Waals surface area contributed by atoms with Crippen LogP contribution in [0.4, 0.5) is 5.69 Å². The lowest BCUT2D eigenvalue weighted by Gasteiger charge is -2.39. The fourth-order valence-corrected chi connectivity index (χ4v) is 4.94. The zero-order valence-electron chi connectivity index (χ0n) is 11.4. The van der Waals surface area contributed by atoms with Crippen molar-refractivity contribution in [1.29, 1.82) is 0 Å². The number of hydrogen-bond acceptors (Lipinski definition) is 5. The van der Waals surface area contributed by atoms with E-state index in [0.29, 0.717) is 0 Å². The molecule has 1 aromatic rings. The van der Waals surface area contributed by atoms with Gasteiger partial charge < -0.3 is 10.0 Å². The second kappa shape index (κ2) is 5.35. The number of aliphatic hydroxyl groups excluding tert-OH is 1. The first-order valence-corrected chi connectivity index (χ1v) is 8.80. The molecule has 1 N–H and O–H groups in total. The van der Waals surface area contributed by atoms with Gasteiger partial charge in [-0.2, -0.15) is 0 Å². The fourth-order valence-electron chi connectivity index (χ4n) is 3.11. The van der Waals surface area contributed by atoms with Crippen molar-refractivity contribution in [2.24, 2.45) is 0 Å². The molecule has 0 bridgehead atoms. The molecule has 110 valence electrons. The highest BCUT2D eigenvalue weighted by Crippen LogP contribution is 2.22. The molecule has 0 aromatic heterocycles. The van der Waals surface area contributed by atoms with Gasteiger partial charge in [-0.1, -0.05) is 18.2 Å². The molecule has 2 atom stereocenters. The van der Waals surface area contributed by atoms with Crippen LogP contribution in [0.5, 0.6) is 0 Å². The molecule has 1 aromatic carbocycles. The number of para-hydroxylation sites is 1. The maximum absolute atomic E-state index is 11.6. The lowest BCUT2D eigenvalue weighted by Crippen LogP contribution is -2.53. The van der Waals surface area contributed by atoms with Gasteiger partial charge >= 0.3 is 0 Å². The van der Waals surface area contributed by atoms with Gasteiger partial charge in [-0.3, -0.25) is 4.90 Å². The molecule has 2 heterocycles. The molecule has 0 saturated carbocycles. The zero-order valence-corrected chi connectivity index (χ0v) is 12.2. The van der Waals surface area contributed by atoms with Crippen LogP contribution in [0.1, 0.15) is 0 Å². The van der Waals surface area contributed by atoms with E-state index >= 15 is 0 Å². The predicted octanol–water partition coefficient (Wildman–Crippen LogP) is -0.0335. The first-order chi connectivity index (χ1) is 9.55. The number of anilines is 1. The van der Waals surface area contributed by atoms with Gasteiger partial charge in [-0.15, -0.1) is 0 Å². The smallest absolute Gasteiger partial charge is 0.154 e. The van der Waals surface area contributed by atoms with Crippen LogP contribution in [-0.2, 0) is 9.84 Å². The average molecular weight is 296 g/mol. The van der Waals surface area contributed by atoms with Gasteiger partial charge in [0.25, 0.3) is 0 Å². The number of rotatable bonds is 2. The Bertz CT molecular complexity index is 553. The molecule has 0 spiro atoms. The zero-order chi connectivity index (χ0) is 14.2. The Balaban J connectivity index is 1.62. The van der Waals surface area contributed by atoms with Crippen LogP contribution in [0.2, 0.25) is 0 Å². The molecule has 2 aliphatic heterocycles. The van der Waals surface area contributed by atoms with Crippen LogP contribution in [0, 0.1) is 0 Å². The predicted molar refractivity (Wildman–Crippen MR) is 78.7 cm³/mol. The van der Waals surface area contributed by atoms with Crippen molar-refractivity contribution in [1.82, 2.24) is 4.90 Å². The van der Waals surface area contributed by atoms with Crippen LogP contribution < -0.4 is 4.90 Å². The molecule has 6 heteroatoms. The van der Waals surface area contributed by atoms with Crippen LogP contribution in [0.3, 0.4) is 0 Å². The third kappa shape index (κ3) is 2.82. The summed E-state index contributed by atoms with van der Waals surface area (Å²) in [5, 5.41) is 9.93. The minimum absolute atomic E-state index is 0.0867. The maximum Gasteiger partial charge on any atom is 0.154 e. The average Bonchev–Trinajstić information content (AvgIpc) is 2.73. The Morgan fingerprint density at radius 3 is 2.20 bits per heavy atom. The molecular weight excluding hydrogens is 276 g/mol. The standard InChI is InChI=1S/C14H20N2O3S/c17-14-11-20(18,19)10-13(14)16-8-6-15(7-9-16)12-4-2-1-3-5-12/h1-5,13-14,17H,6-11H2. The lowest BCUT2D eigenvalue weighted by molar-refractivity contribution is 0.0793. The number of nitrogens with zero attached hydrogens (tertiary/aromatic N) is 2. The minimum atomic E-state index is -3.06. The molecule has 0 amide bonds. The molecule has 2 fully saturated rings. The van der Waals surface area contributed by atoms with Crippen LogP contribution in [0.25, 0.3) is 0 Å². The van der Waals surface area contributed by atoms with Gasteiger partial charge in [0.05, 0.1) is 23.7 Å². The van der Waals surface area contributed by atoms with Crippen molar-refractivity contribution < 1.29 is 13.5 Å². The topological polar surface area (TPSA) is 60.9 Å². The molecule has 2 unspecified atom stereocenters. The minimum Gasteiger partial charge on any atom is -0.390 e. The highest BCUT2D eigenvalue weighted by atomic mass is 32.2. The fraction of sp³-hybridized carbons (Fsp3) is 0.571. The molecule has 2 saturated heterocycles. The number of aliphatic hydroxyl groups is 1. The van der Waals surface area contributed by atoms with Crippen molar-refractivity contribution in [2.75, 3.05) is 42.6 Å². The van der Waals surface area contributed by atoms with Crippen molar-refractivity contribution in [3.8, 4) is 0 Å². The molecule has 2 aliphatic rings. The maximum atomic E-state index is 11.6. The number of hydrogen-bond donors (Lipinski definition) is 1. The van der Waals surface area contributed by atoms with Crippen LogP contribution in [-0.4, -0.2) is 68.3 Å². The van der Waals surface area contributed by atoms with E-state index in [4.69, 9.17) is 0 Å². The van der Waals surface area contributed by atoms with Gasteiger partial charge in [0.15, 0.2) is 9.84 Å². The SMILES string of the molecule is O=S1(=O)CC(O)C(N2CCN(c3ccccc3)CC2)C1. The molecular formula is C14H20N2O3S. The highest BCUT2D eigenvalue weighted by molar-refractivity contribution is 7.91. The Hall–Kier alpha value is -1.11. The molecule has 5 nitrogen and oxygen atoms in total. The summed E-state index contributed by atoms with van der Waals surface area (Å²) in [7, 11) is -3.06. The van der Waals surface area contributed by atoms with Crippen molar-refractivity contribution in [3.05, 3.63) is 30.3 Å². The molecule has 0 radical (unpaired) electrons.